The maximum absolute atomic E-state index is 11.3. The highest BCUT2D eigenvalue weighted by Gasteiger charge is 2.32. The Hall–Kier alpha value is -1.69. The van der Waals surface area contributed by atoms with Crippen molar-refractivity contribution >= 4 is 33.3 Å². The third-order valence-electron chi connectivity index (χ3n) is 5.09. The smallest absolute Gasteiger partial charge is 0.326 e. The van der Waals surface area contributed by atoms with Gasteiger partial charge in [0.15, 0.2) is 0 Å². The van der Waals surface area contributed by atoms with E-state index in [1.54, 1.807) is 11.3 Å². The van der Waals surface area contributed by atoms with E-state index < -0.39 is 12.0 Å². The minimum atomic E-state index is -0.846. The lowest BCUT2D eigenvalue weighted by Gasteiger charge is -2.33. The number of aryl methyl sites for hydroxylation is 1. The molecule has 0 saturated carbocycles. The zero-order valence-electron chi connectivity index (χ0n) is 14.7. The van der Waals surface area contributed by atoms with Crippen LogP contribution in [0.15, 0.2) is 6.33 Å². The van der Waals surface area contributed by atoms with Gasteiger partial charge in [0.1, 0.15) is 23.0 Å². The van der Waals surface area contributed by atoms with Gasteiger partial charge in [-0.3, -0.25) is 0 Å². The molecule has 1 aliphatic rings. The Kier molecular flexibility index (Phi) is 4.51. The summed E-state index contributed by atoms with van der Waals surface area (Å²) in [7, 11) is 0. The Morgan fingerprint density at radius 1 is 1.46 bits per heavy atom. The molecule has 3 rings (SSSR count). The fourth-order valence-corrected chi connectivity index (χ4v) is 4.73. The maximum atomic E-state index is 11.3. The van der Waals surface area contributed by atoms with E-state index in [4.69, 9.17) is 0 Å². The average Bonchev–Trinajstić information content (AvgIpc) is 2.89. The monoisotopic (exact) mass is 347 g/mol. The minimum Gasteiger partial charge on any atom is -0.480 e. The summed E-state index contributed by atoms with van der Waals surface area (Å²) in [6.45, 7) is 8.78. The Balaban J connectivity index is 2.00. The number of nitrogens with zero attached hydrogens (tertiary/aromatic N) is 2. The number of fused-ring (bicyclic) bond motifs is 3. The maximum Gasteiger partial charge on any atom is 0.326 e. The Labute approximate surface area is 146 Å². The summed E-state index contributed by atoms with van der Waals surface area (Å²) in [4.78, 5) is 22.5. The molecular formula is C18H25N3O2S. The van der Waals surface area contributed by atoms with Crippen LogP contribution in [0.1, 0.15) is 51.0 Å². The molecule has 24 heavy (non-hydrogen) atoms. The van der Waals surface area contributed by atoms with Gasteiger partial charge in [0.25, 0.3) is 0 Å². The molecule has 2 aromatic heterocycles. The molecule has 2 unspecified atom stereocenters. The number of carboxylic acid groups (broad SMARTS) is 1. The zero-order chi connectivity index (χ0) is 17.5. The van der Waals surface area contributed by atoms with Crippen molar-refractivity contribution in [1.29, 1.82) is 0 Å². The molecular weight excluding hydrogens is 322 g/mol. The van der Waals surface area contributed by atoms with Crippen molar-refractivity contribution in [3.05, 3.63) is 16.8 Å². The predicted octanol–water partition coefficient (Wildman–Crippen LogP) is 4.12. The van der Waals surface area contributed by atoms with Gasteiger partial charge in [-0.2, -0.15) is 0 Å². The van der Waals surface area contributed by atoms with E-state index in [9.17, 15) is 9.90 Å². The van der Waals surface area contributed by atoms with Gasteiger partial charge in [0, 0.05) is 4.88 Å². The van der Waals surface area contributed by atoms with Crippen molar-refractivity contribution in [2.75, 3.05) is 5.32 Å². The number of carboxylic acids is 1. The van der Waals surface area contributed by atoms with Crippen LogP contribution in [0, 0.1) is 11.3 Å². The molecule has 2 aromatic rings. The summed E-state index contributed by atoms with van der Waals surface area (Å²) in [5, 5.41) is 13.5. The highest BCUT2D eigenvalue weighted by atomic mass is 32.1. The Bertz CT molecular complexity index is 763. The number of nitrogens with one attached hydrogen (secondary N) is 1. The fraction of sp³-hybridized carbons (Fsp3) is 0.611. The Morgan fingerprint density at radius 2 is 2.21 bits per heavy atom. The van der Waals surface area contributed by atoms with E-state index in [1.165, 1.54) is 16.8 Å². The first-order valence-corrected chi connectivity index (χ1v) is 9.37. The third-order valence-corrected chi connectivity index (χ3v) is 6.25. The number of rotatable bonds is 4. The topological polar surface area (TPSA) is 75.1 Å². The summed E-state index contributed by atoms with van der Waals surface area (Å²) in [5.74, 6) is 0.493. The zero-order valence-corrected chi connectivity index (χ0v) is 15.5. The number of hydrogen-bond acceptors (Lipinski definition) is 5. The fourth-order valence-electron chi connectivity index (χ4n) is 3.46. The summed E-state index contributed by atoms with van der Waals surface area (Å²) in [6, 6.07) is -0.621. The number of aliphatic carboxylic acids is 1. The van der Waals surface area contributed by atoms with Gasteiger partial charge in [-0.1, -0.05) is 27.7 Å². The van der Waals surface area contributed by atoms with Gasteiger partial charge in [-0.05, 0) is 42.6 Å². The molecule has 0 amide bonds. The van der Waals surface area contributed by atoms with Crippen molar-refractivity contribution in [3.63, 3.8) is 0 Å². The van der Waals surface area contributed by atoms with Gasteiger partial charge in [-0.25, -0.2) is 14.8 Å². The lowest BCUT2D eigenvalue weighted by Crippen LogP contribution is -2.29. The molecule has 2 atom stereocenters. The third kappa shape index (κ3) is 3.11. The van der Waals surface area contributed by atoms with E-state index in [1.807, 2.05) is 6.92 Å². The second kappa shape index (κ2) is 6.31. The Morgan fingerprint density at radius 3 is 2.83 bits per heavy atom. The molecule has 0 spiro atoms. The van der Waals surface area contributed by atoms with E-state index in [0.29, 0.717) is 23.6 Å². The molecule has 5 nitrogen and oxygen atoms in total. The van der Waals surface area contributed by atoms with Crippen LogP contribution in [0.25, 0.3) is 10.2 Å². The SMILES string of the molecule is CCC(Nc1ncnc2sc3c(c12)CCC(C(C)(C)C)C3)C(=O)O. The van der Waals surface area contributed by atoms with Crippen LogP contribution >= 0.6 is 11.3 Å². The van der Waals surface area contributed by atoms with Crippen LogP contribution in [-0.2, 0) is 17.6 Å². The van der Waals surface area contributed by atoms with Crippen molar-refractivity contribution in [1.82, 2.24) is 9.97 Å². The van der Waals surface area contributed by atoms with E-state index in [2.05, 4.69) is 36.1 Å². The van der Waals surface area contributed by atoms with Gasteiger partial charge < -0.3 is 10.4 Å². The minimum absolute atomic E-state index is 0.303. The molecule has 0 aromatic carbocycles. The molecule has 6 heteroatoms. The van der Waals surface area contributed by atoms with E-state index in [-0.39, 0.29) is 0 Å². The summed E-state index contributed by atoms with van der Waals surface area (Å²) >= 11 is 1.74. The molecule has 0 fully saturated rings. The molecule has 0 radical (unpaired) electrons. The van der Waals surface area contributed by atoms with Crippen molar-refractivity contribution in [3.8, 4) is 0 Å². The highest BCUT2D eigenvalue weighted by molar-refractivity contribution is 7.19. The first-order valence-electron chi connectivity index (χ1n) is 8.55. The van der Waals surface area contributed by atoms with Gasteiger partial charge in [-0.15, -0.1) is 11.3 Å². The molecule has 0 bridgehead atoms. The van der Waals surface area contributed by atoms with Crippen molar-refractivity contribution in [2.24, 2.45) is 11.3 Å². The molecule has 2 N–H and O–H groups in total. The van der Waals surface area contributed by atoms with Gasteiger partial charge >= 0.3 is 5.97 Å². The summed E-state index contributed by atoms with van der Waals surface area (Å²) in [5.41, 5.74) is 1.62. The summed E-state index contributed by atoms with van der Waals surface area (Å²) in [6.07, 6.45) is 5.30. The number of aromatic nitrogens is 2. The number of thiophene rings is 1. The lowest BCUT2D eigenvalue weighted by atomic mass is 9.72. The van der Waals surface area contributed by atoms with E-state index in [0.717, 1.165) is 29.5 Å². The molecule has 1 aliphatic carbocycles. The molecule has 0 saturated heterocycles. The molecule has 0 aliphatic heterocycles. The predicted molar refractivity (Wildman–Crippen MR) is 97.7 cm³/mol. The van der Waals surface area contributed by atoms with E-state index >= 15 is 0 Å². The van der Waals surface area contributed by atoms with Crippen molar-refractivity contribution < 1.29 is 9.90 Å². The van der Waals surface area contributed by atoms with Crippen molar-refractivity contribution in [2.45, 2.75) is 59.4 Å². The quantitative estimate of drug-likeness (QED) is 0.870. The first-order chi connectivity index (χ1) is 11.3. The van der Waals surface area contributed by atoms with Crippen LogP contribution < -0.4 is 5.32 Å². The number of carbonyl (C=O) groups is 1. The standard InChI is InChI=1S/C18H25N3O2S/c1-5-12(17(22)23)21-15-14-11-7-6-10(18(2,3)4)8-13(11)24-16(14)20-9-19-15/h9-10,12H,5-8H2,1-4H3,(H,22,23)(H,19,20,21). The number of hydrogen-bond donors (Lipinski definition) is 2. The van der Waals surface area contributed by atoms with Crippen LogP contribution in [-0.4, -0.2) is 27.1 Å². The summed E-state index contributed by atoms with van der Waals surface area (Å²) < 4.78 is 0. The van der Waals surface area contributed by atoms with Crippen LogP contribution in [0.5, 0.6) is 0 Å². The second-order valence-electron chi connectivity index (χ2n) is 7.66. The normalized spacial score (nSPS) is 19.1. The largest absolute Gasteiger partial charge is 0.480 e. The first kappa shape index (κ1) is 17.1. The van der Waals surface area contributed by atoms with Gasteiger partial charge in [0.2, 0.25) is 0 Å². The molecule has 130 valence electrons. The average molecular weight is 347 g/mol. The second-order valence-corrected chi connectivity index (χ2v) is 8.74. The number of anilines is 1. The van der Waals surface area contributed by atoms with Crippen LogP contribution in [0.3, 0.4) is 0 Å². The highest BCUT2D eigenvalue weighted by Crippen LogP contribution is 2.44. The van der Waals surface area contributed by atoms with Crippen LogP contribution in [0.4, 0.5) is 5.82 Å². The van der Waals surface area contributed by atoms with Crippen LogP contribution in [0.2, 0.25) is 0 Å². The lowest BCUT2D eigenvalue weighted by molar-refractivity contribution is -0.137. The van der Waals surface area contributed by atoms with Gasteiger partial charge in [0.05, 0.1) is 5.39 Å². The molecule has 2 heterocycles.